The molecule has 1 aliphatic rings. The summed E-state index contributed by atoms with van der Waals surface area (Å²) in [5.74, 6) is 0. The molecule has 0 radical (unpaired) electrons. The molecule has 2 rings (SSSR count). The summed E-state index contributed by atoms with van der Waals surface area (Å²) >= 11 is 0. The van der Waals surface area contributed by atoms with Crippen LogP contribution < -0.4 is 0 Å². The lowest BCUT2D eigenvalue weighted by Gasteiger charge is -2.07. The number of rotatable bonds is 3. The van der Waals surface area contributed by atoms with Crippen molar-refractivity contribution in [2.45, 2.75) is 38.7 Å². The lowest BCUT2D eigenvalue weighted by Crippen LogP contribution is -2.01. The van der Waals surface area contributed by atoms with E-state index < -0.39 is 0 Å². The Morgan fingerprint density at radius 3 is 2.71 bits per heavy atom. The molecule has 0 amide bonds. The van der Waals surface area contributed by atoms with Gasteiger partial charge in [-0.2, -0.15) is 0 Å². The summed E-state index contributed by atoms with van der Waals surface area (Å²) in [7, 11) is 0. The second kappa shape index (κ2) is 6.89. The van der Waals surface area contributed by atoms with Crippen LogP contribution in [0.25, 0.3) is 0 Å². The highest BCUT2D eigenvalue weighted by atomic mass is 16.6. The van der Waals surface area contributed by atoms with Crippen molar-refractivity contribution in [1.82, 2.24) is 0 Å². The van der Waals surface area contributed by atoms with E-state index in [1.807, 2.05) is 18.2 Å². The van der Waals surface area contributed by atoms with Crippen molar-refractivity contribution in [3.05, 3.63) is 48.0 Å². The monoisotopic (exact) mass is 229 g/mol. The molecule has 0 saturated heterocycles. The van der Waals surface area contributed by atoms with Gasteiger partial charge in [-0.25, -0.2) is 0 Å². The Hall–Kier alpha value is -1.57. The van der Waals surface area contributed by atoms with Crippen LogP contribution in [0.3, 0.4) is 0 Å². The third kappa shape index (κ3) is 4.43. The van der Waals surface area contributed by atoms with E-state index in [0.717, 1.165) is 25.7 Å². The van der Waals surface area contributed by atoms with Gasteiger partial charge >= 0.3 is 0 Å². The quantitative estimate of drug-likeness (QED) is 0.565. The Balaban J connectivity index is 1.81. The van der Waals surface area contributed by atoms with Crippen LogP contribution in [-0.4, -0.2) is 5.71 Å². The van der Waals surface area contributed by atoms with E-state index in [9.17, 15) is 0 Å². The van der Waals surface area contributed by atoms with Gasteiger partial charge in [0.05, 0.1) is 5.71 Å². The molecule has 1 aromatic carbocycles. The van der Waals surface area contributed by atoms with E-state index in [0.29, 0.717) is 6.61 Å². The third-order valence-corrected chi connectivity index (χ3v) is 2.87. The van der Waals surface area contributed by atoms with Gasteiger partial charge in [-0.15, -0.1) is 0 Å². The first-order valence-electron chi connectivity index (χ1n) is 6.32. The van der Waals surface area contributed by atoms with Crippen molar-refractivity contribution >= 4 is 5.71 Å². The molecule has 2 heteroatoms. The normalized spacial score (nSPS) is 20.6. The second-order valence-corrected chi connectivity index (χ2v) is 4.32. The van der Waals surface area contributed by atoms with Crippen LogP contribution in [0.4, 0.5) is 0 Å². The van der Waals surface area contributed by atoms with Crippen molar-refractivity contribution in [1.29, 1.82) is 0 Å². The smallest absolute Gasteiger partial charge is 0.142 e. The Morgan fingerprint density at radius 2 is 1.82 bits per heavy atom. The summed E-state index contributed by atoms with van der Waals surface area (Å²) in [6.45, 7) is 0.570. The van der Waals surface area contributed by atoms with Gasteiger partial charge in [0.1, 0.15) is 6.61 Å². The molecule has 0 aromatic heterocycles. The summed E-state index contributed by atoms with van der Waals surface area (Å²) < 4.78 is 0. The third-order valence-electron chi connectivity index (χ3n) is 2.87. The fourth-order valence-corrected chi connectivity index (χ4v) is 1.90. The van der Waals surface area contributed by atoms with E-state index in [1.165, 1.54) is 17.7 Å². The van der Waals surface area contributed by atoms with Crippen molar-refractivity contribution in [3.63, 3.8) is 0 Å². The zero-order chi connectivity index (χ0) is 11.8. The lowest BCUT2D eigenvalue weighted by atomic mass is 10.0. The first-order valence-corrected chi connectivity index (χ1v) is 6.32. The largest absolute Gasteiger partial charge is 0.391 e. The molecule has 0 bridgehead atoms. The van der Waals surface area contributed by atoms with Gasteiger partial charge in [-0.3, -0.25) is 0 Å². The van der Waals surface area contributed by atoms with Crippen LogP contribution in [0.2, 0.25) is 0 Å². The van der Waals surface area contributed by atoms with E-state index in [1.54, 1.807) is 0 Å². The minimum Gasteiger partial charge on any atom is -0.391 e. The van der Waals surface area contributed by atoms with E-state index in [4.69, 9.17) is 4.84 Å². The standard InChI is InChI=1S/C15H19NO/c1-2-7-11-15(12-8-3-1)16-17-13-14-9-5-4-6-10-14/h1-2,4-6,9-10H,3,7-8,11-13H2/b2-1+,16-15?. The topological polar surface area (TPSA) is 21.6 Å². The summed E-state index contributed by atoms with van der Waals surface area (Å²) in [5.41, 5.74) is 2.37. The van der Waals surface area contributed by atoms with Gasteiger partial charge in [-0.05, 0) is 37.7 Å². The molecule has 0 fully saturated rings. The molecular weight excluding hydrogens is 210 g/mol. The summed E-state index contributed by atoms with van der Waals surface area (Å²) in [6, 6.07) is 10.2. The molecule has 90 valence electrons. The number of benzene rings is 1. The minimum absolute atomic E-state index is 0.570. The van der Waals surface area contributed by atoms with Crippen LogP contribution in [0.5, 0.6) is 0 Å². The maximum absolute atomic E-state index is 5.42. The number of allylic oxidation sites excluding steroid dienone is 2. The average Bonchev–Trinajstić information content (AvgIpc) is 2.33. The van der Waals surface area contributed by atoms with Crippen molar-refractivity contribution < 1.29 is 4.84 Å². The van der Waals surface area contributed by atoms with Gasteiger partial charge in [0.25, 0.3) is 0 Å². The second-order valence-electron chi connectivity index (χ2n) is 4.32. The molecule has 0 N–H and O–H groups in total. The zero-order valence-electron chi connectivity index (χ0n) is 10.1. The molecule has 2 nitrogen and oxygen atoms in total. The first kappa shape index (κ1) is 11.9. The number of hydrogen-bond acceptors (Lipinski definition) is 2. The predicted octanol–water partition coefficient (Wildman–Crippen LogP) is 4.08. The molecule has 0 heterocycles. The Bertz CT molecular complexity index is 381. The van der Waals surface area contributed by atoms with Crippen molar-refractivity contribution in [2.75, 3.05) is 0 Å². The molecule has 0 saturated carbocycles. The maximum atomic E-state index is 5.42. The molecule has 0 unspecified atom stereocenters. The van der Waals surface area contributed by atoms with Crippen LogP contribution >= 0.6 is 0 Å². The first-order chi connectivity index (χ1) is 8.45. The Labute approximate surface area is 103 Å². The fraction of sp³-hybridized carbons (Fsp3) is 0.400. The van der Waals surface area contributed by atoms with Crippen LogP contribution in [0.15, 0.2) is 47.6 Å². The maximum Gasteiger partial charge on any atom is 0.142 e. The molecule has 0 atom stereocenters. The van der Waals surface area contributed by atoms with E-state index >= 15 is 0 Å². The molecule has 0 spiro atoms. The van der Waals surface area contributed by atoms with Crippen LogP contribution in [0.1, 0.15) is 37.7 Å². The number of oxime groups is 1. The van der Waals surface area contributed by atoms with Gasteiger partial charge < -0.3 is 4.84 Å². The number of nitrogens with zero attached hydrogens (tertiary/aromatic N) is 1. The number of hydrogen-bond donors (Lipinski definition) is 0. The van der Waals surface area contributed by atoms with E-state index in [2.05, 4.69) is 29.4 Å². The van der Waals surface area contributed by atoms with Gasteiger partial charge in [0.15, 0.2) is 0 Å². The lowest BCUT2D eigenvalue weighted by molar-refractivity contribution is 0.129. The zero-order valence-corrected chi connectivity index (χ0v) is 10.1. The van der Waals surface area contributed by atoms with Crippen LogP contribution in [-0.2, 0) is 11.4 Å². The van der Waals surface area contributed by atoms with Crippen molar-refractivity contribution in [3.8, 4) is 0 Å². The van der Waals surface area contributed by atoms with Gasteiger partial charge in [-0.1, -0.05) is 47.6 Å². The summed E-state index contributed by atoms with van der Waals surface area (Å²) in [5, 5.41) is 4.26. The van der Waals surface area contributed by atoms with Gasteiger partial charge in [0, 0.05) is 0 Å². The summed E-state index contributed by atoms with van der Waals surface area (Å²) in [4.78, 5) is 5.42. The highest BCUT2D eigenvalue weighted by Crippen LogP contribution is 2.10. The molecule has 1 aromatic rings. The Kier molecular flexibility index (Phi) is 4.83. The highest BCUT2D eigenvalue weighted by molar-refractivity contribution is 5.84. The molecule has 1 aliphatic carbocycles. The van der Waals surface area contributed by atoms with E-state index in [-0.39, 0.29) is 0 Å². The molecule has 0 aliphatic heterocycles. The van der Waals surface area contributed by atoms with Crippen molar-refractivity contribution in [2.24, 2.45) is 5.16 Å². The fourth-order valence-electron chi connectivity index (χ4n) is 1.90. The molecule has 17 heavy (non-hydrogen) atoms. The predicted molar refractivity (Wildman–Crippen MR) is 70.9 cm³/mol. The molecular formula is C15H19NO. The van der Waals surface area contributed by atoms with Gasteiger partial charge in [0.2, 0.25) is 0 Å². The average molecular weight is 229 g/mol. The minimum atomic E-state index is 0.570. The summed E-state index contributed by atoms with van der Waals surface area (Å²) in [6.07, 6.45) is 10.0. The van der Waals surface area contributed by atoms with Crippen LogP contribution in [0, 0.1) is 0 Å². The highest BCUT2D eigenvalue weighted by Gasteiger charge is 2.02. The SMILES string of the molecule is C1=C/CCC(=NOCc2ccccc2)CCC/1. The Morgan fingerprint density at radius 1 is 1.00 bits per heavy atom.